The van der Waals surface area contributed by atoms with Gasteiger partial charge in [0.05, 0.1) is 58.2 Å². The van der Waals surface area contributed by atoms with Gasteiger partial charge >= 0.3 is 35.8 Å². The van der Waals surface area contributed by atoms with Crippen molar-refractivity contribution < 1.29 is 76.4 Å². The molecule has 0 aliphatic rings. The van der Waals surface area contributed by atoms with Gasteiger partial charge in [0.25, 0.3) is 0 Å². The van der Waals surface area contributed by atoms with Crippen LogP contribution < -0.4 is 0 Å². The molecule has 0 saturated carbocycles. The van der Waals surface area contributed by atoms with E-state index in [-0.39, 0.29) is 140 Å². The molecular formula is C56H88N6O16. The van der Waals surface area contributed by atoms with E-state index >= 15 is 0 Å². The summed E-state index contributed by atoms with van der Waals surface area (Å²) in [6.07, 6.45) is 3.62. The fourth-order valence-electron chi connectivity index (χ4n) is 6.40. The fraction of sp³-hybridized carbons (Fsp3) is 0.714. The number of esters is 6. The molecule has 0 radical (unpaired) electrons. The van der Waals surface area contributed by atoms with E-state index < -0.39 is 48.0 Å². The van der Waals surface area contributed by atoms with Gasteiger partial charge in [0.2, 0.25) is 0 Å². The number of hydrogen-bond donors (Lipinski definition) is 0. The number of hydrogen-bond acceptors (Lipinski definition) is 22. The molecule has 2 atom stereocenters. The molecule has 0 bridgehead atoms. The van der Waals surface area contributed by atoms with Crippen molar-refractivity contribution in [2.75, 3.05) is 67.2 Å². The lowest BCUT2D eigenvalue weighted by molar-refractivity contribution is -0.166. The Morgan fingerprint density at radius 1 is 0.308 bits per heavy atom. The molecule has 0 spiro atoms. The van der Waals surface area contributed by atoms with E-state index in [4.69, 9.17) is 28.4 Å². The summed E-state index contributed by atoms with van der Waals surface area (Å²) in [7, 11) is 4.85. The maximum atomic E-state index is 12.7. The second-order valence-electron chi connectivity index (χ2n) is 18.9. The SMILES string of the molecule is CCC(=O)CCCCC(=O)CN=C(C)CCC(=O)OCC(COC(=O)CCC(C)=NCC(=O)CCCCC(=O)CN=C(C)CCC(=O)OCC(COC(=O)CCC(C)=NC)OC(=O)CCC(C)=NC)OC(=O)CCC(C)=NC. The number of ketones is 4. The molecule has 438 valence electrons. The Kier molecular flexibility index (Phi) is 40.8. The summed E-state index contributed by atoms with van der Waals surface area (Å²) in [5, 5.41) is 0. The number of nitrogens with zero attached hydrogens (tertiary/aromatic N) is 6. The fourth-order valence-corrected chi connectivity index (χ4v) is 6.40. The molecule has 78 heavy (non-hydrogen) atoms. The minimum absolute atomic E-state index is 0.0122. The lowest BCUT2D eigenvalue weighted by Gasteiger charge is -2.18. The molecule has 0 fully saturated rings. The van der Waals surface area contributed by atoms with Gasteiger partial charge in [-0.15, -0.1) is 0 Å². The number of rotatable bonds is 45. The monoisotopic (exact) mass is 1100 g/mol. The van der Waals surface area contributed by atoms with Crippen LogP contribution >= 0.6 is 0 Å². The lowest BCUT2D eigenvalue weighted by atomic mass is 10.1. The topological polar surface area (TPSA) is 300 Å². The highest BCUT2D eigenvalue weighted by molar-refractivity contribution is 5.91. The Morgan fingerprint density at radius 3 is 0.782 bits per heavy atom. The maximum absolute atomic E-state index is 12.7. The van der Waals surface area contributed by atoms with Crippen LogP contribution in [0.2, 0.25) is 0 Å². The van der Waals surface area contributed by atoms with Crippen molar-refractivity contribution in [3.05, 3.63) is 0 Å². The zero-order valence-electron chi connectivity index (χ0n) is 48.2. The summed E-state index contributed by atoms with van der Waals surface area (Å²) in [6.45, 7) is 10.7. The first-order chi connectivity index (χ1) is 37.1. The van der Waals surface area contributed by atoms with Crippen molar-refractivity contribution >= 4 is 93.2 Å². The van der Waals surface area contributed by atoms with Crippen molar-refractivity contribution in [2.45, 2.75) is 196 Å². The third-order valence-corrected chi connectivity index (χ3v) is 11.9. The molecule has 0 saturated heterocycles. The van der Waals surface area contributed by atoms with Crippen molar-refractivity contribution in [1.29, 1.82) is 0 Å². The summed E-state index contributed by atoms with van der Waals surface area (Å²) in [6, 6.07) is 0. The number of aliphatic imine (C=N–C) groups is 6. The van der Waals surface area contributed by atoms with Crippen molar-refractivity contribution in [3.63, 3.8) is 0 Å². The van der Waals surface area contributed by atoms with E-state index in [2.05, 4.69) is 30.0 Å². The Hall–Kier alpha value is -6.48. The number of Topliss-reactive ketones (excluding diaryl/α,β-unsaturated/α-hetero) is 4. The average Bonchev–Trinajstić information content (AvgIpc) is 3.42. The highest BCUT2D eigenvalue weighted by Gasteiger charge is 2.22. The molecule has 0 aromatic rings. The molecule has 22 nitrogen and oxygen atoms in total. The number of ether oxygens (including phenoxy) is 6. The summed E-state index contributed by atoms with van der Waals surface area (Å²) < 4.78 is 32.2. The van der Waals surface area contributed by atoms with E-state index in [1.807, 2.05) is 6.92 Å². The zero-order chi connectivity index (χ0) is 58.7. The molecule has 0 N–H and O–H groups in total. The van der Waals surface area contributed by atoms with Crippen LogP contribution in [0.1, 0.15) is 183 Å². The van der Waals surface area contributed by atoms with E-state index in [0.29, 0.717) is 81.3 Å². The zero-order valence-corrected chi connectivity index (χ0v) is 48.2. The standard InChI is InChI=1S/C56H88N6O16/c1-11-45(63)16-12-13-17-46(64)32-60-42(5)23-27-53(69)75-37-50(78-56(72)31-22-41(4)59-10)38-76-54(70)29-25-44(7)62-34-48(66)19-15-14-18-47(65)33-61-43(6)24-28-52(68)74-36-49(77-55(71)30-21-40(3)58-9)35-73-51(67)26-20-39(2)57-8/h49-50H,11-38H2,1-10H3. The second kappa shape index (κ2) is 44.5. The van der Waals surface area contributed by atoms with Crippen molar-refractivity contribution in [3.8, 4) is 0 Å². The average molecular weight is 1100 g/mol. The van der Waals surface area contributed by atoms with Gasteiger partial charge in [0, 0.05) is 87.5 Å². The van der Waals surface area contributed by atoms with Crippen LogP contribution in [0.15, 0.2) is 30.0 Å². The molecule has 0 aliphatic heterocycles. The molecule has 0 amide bonds. The van der Waals surface area contributed by atoms with E-state index in [1.54, 1.807) is 62.7 Å². The Labute approximate surface area is 460 Å². The largest absolute Gasteiger partial charge is 0.462 e. The number of carbonyl (C=O) groups excluding carboxylic acids is 10. The lowest BCUT2D eigenvalue weighted by Crippen LogP contribution is -2.31. The van der Waals surface area contributed by atoms with Crippen LogP contribution in [-0.4, -0.2) is 173 Å². The highest BCUT2D eigenvalue weighted by Crippen LogP contribution is 2.10. The van der Waals surface area contributed by atoms with Gasteiger partial charge in [-0.25, -0.2) is 0 Å². The smallest absolute Gasteiger partial charge is 0.306 e. The Morgan fingerprint density at radius 2 is 0.538 bits per heavy atom. The molecule has 0 heterocycles. The van der Waals surface area contributed by atoms with Crippen LogP contribution in [0.3, 0.4) is 0 Å². The molecular weight excluding hydrogens is 1010 g/mol. The second-order valence-corrected chi connectivity index (χ2v) is 18.9. The first-order valence-electron chi connectivity index (χ1n) is 26.9. The first-order valence-corrected chi connectivity index (χ1v) is 26.9. The van der Waals surface area contributed by atoms with Gasteiger partial charge in [0.1, 0.15) is 32.2 Å². The third kappa shape index (κ3) is 41.7. The van der Waals surface area contributed by atoms with Crippen molar-refractivity contribution in [1.82, 2.24) is 0 Å². The van der Waals surface area contributed by atoms with Crippen LogP contribution in [0.25, 0.3) is 0 Å². The van der Waals surface area contributed by atoms with Crippen LogP contribution in [0.4, 0.5) is 0 Å². The molecule has 0 aromatic heterocycles. The van der Waals surface area contributed by atoms with Gasteiger partial charge in [-0.1, -0.05) is 6.92 Å². The normalized spacial score (nSPS) is 13.3. The summed E-state index contributed by atoms with van der Waals surface area (Å²) >= 11 is 0. The predicted octanol–water partition coefficient (Wildman–Crippen LogP) is 7.13. The summed E-state index contributed by atoms with van der Waals surface area (Å²) in [5.74, 6) is -3.62. The molecule has 2 unspecified atom stereocenters. The third-order valence-electron chi connectivity index (χ3n) is 11.9. The van der Waals surface area contributed by atoms with E-state index in [1.165, 1.54) is 0 Å². The Balaban J connectivity index is 4.83. The minimum atomic E-state index is -1.07. The molecule has 0 aromatic carbocycles. The van der Waals surface area contributed by atoms with E-state index in [9.17, 15) is 47.9 Å². The van der Waals surface area contributed by atoms with Gasteiger partial charge in [-0.2, -0.15) is 0 Å². The summed E-state index contributed by atoms with van der Waals surface area (Å²) in [4.78, 5) is 149. The Bertz CT molecular complexity index is 2140. The van der Waals surface area contributed by atoms with E-state index in [0.717, 1.165) is 17.1 Å². The molecule has 0 rings (SSSR count). The molecule has 0 aliphatic carbocycles. The highest BCUT2D eigenvalue weighted by atomic mass is 16.6. The minimum Gasteiger partial charge on any atom is -0.462 e. The maximum Gasteiger partial charge on any atom is 0.306 e. The van der Waals surface area contributed by atoms with Crippen LogP contribution in [0.5, 0.6) is 0 Å². The summed E-state index contributed by atoms with van der Waals surface area (Å²) in [5.41, 5.74) is 3.97. The van der Waals surface area contributed by atoms with Gasteiger partial charge in [0.15, 0.2) is 29.6 Å². The first kappa shape index (κ1) is 71.5. The number of carbonyl (C=O) groups is 10. The van der Waals surface area contributed by atoms with Crippen LogP contribution in [-0.2, 0) is 76.4 Å². The molecule has 22 heteroatoms. The van der Waals surface area contributed by atoms with Gasteiger partial charge in [-0.05, 0) is 106 Å². The van der Waals surface area contributed by atoms with Crippen molar-refractivity contribution in [2.24, 2.45) is 30.0 Å². The number of unbranched alkanes of at least 4 members (excludes halogenated alkanes) is 2. The van der Waals surface area contributed by atoms with Gasteiger partial charge < -0.3 is 28.4 Å². The quantitative estimate of drug-likeness (QED) is 0.0253. The predicted molar refractivity (Wildman–Crippen MR) is 297 cm³/mol. The van der Waals surface area contributed by atoms with Gasteiger partial charge in [-0.3, -0.25) is 77.9 Å². The van der Waals surface area contributed by atoms with Crippen LogP contribution in [0, 0.1) is 0 Å².